The van der Waals surface area contributed by atoms with Crippen LogP contribution in [0.2, 0.25) is 20.1 Å². The second-order valence-corrected chi connectivity index (χ2v) is 5.52. The van der Waals surface area contributed by atoms with Gasteiger partial charge < -0.3 is 0 Å². The minimum atomic E-state index is 0.442. The molecule has 0 saturated carbocycles. The Morgan fingerprint density at radius 3 is 1.33 bits per heavy atom. The summed E-state index contributed by atoms with van der Waals surface area (Å²) in [6.07, 6.45) is 0. The molecule has 0 amide bonds. The maximum atomic E-state index is 6.31. The summed E-state index contributed by atoms with van der Waals surface area (Å²) < 4.78 is 0. The molecule has 0 aliphatic carbocycles. The van der Waals surface area contributed by atoms with Gasteiger partial charge in [0.2, 0.25) is 0 Å². The Morgan fingerprint density at radius 1 is 0.556 bits per heavy atom. The monoisotopic (exact) mass is 314 g/mol. The van der Waals surface area contributed by atoms with Crippen LogP contribution < -0.4 is 0 Å². The van der Waals surface area contributed by atoms with Crippen molar-refractivity contribution >= 4 is 67.9 Å². The van der Waals surface area contributed by atoms with E-state index in [0.29, 0.717) is 20.1 Å². The minimum absolute atomic E-state index is 0.442. The van der Waals surface area contributed by atoms with Crippen LogP contribution in [0.4, 0.5) is 0 Å². The largest absolute Gasteiger partial charge is 0.0836 e. The molecular weight excluding hydrogens is 310 g/mol. The molecule has 18 heavy (non-hydrogen) atoms. The number of hydrogen-bond acceptors (Lipinski definition) is 0. The summed E-state index contributed by atoms with van der Waals surface area (Å²) >= 11 is 25.0. The third-order valence-electron chi connectivity index (χ3n) is 2.95. The molecule has 0 heterocycles. The summed E-state index contributed by atoms with van der Waals surface area (Å²) in [4.78, 5) is 0. The highest BCUT2D eigenvalue weighted by Crippen LogP contribution is 2.44. The number of benzene rings is 3. The van der Waals surface area contributed by atoms with Gasteiger partial charge in [0.25, 0.3) is 0 Å². The van der Waals surface area contributed by atoms with Crippen molar-refractivity contribution in [2.24, 2.45) is 0 Å². The van der Waals surface area contributed by atoms with Gasteiger partial charge in [-0.05, 0) is 22.9 Å². The van der Waals surface area contributed by atoms with Crippen molar-refractivity contribution in [3.63, 3.8) is 0 Å². The molecular formula is C14H6Cl4. The van der Waals surface area contributed by atoms with Crippen molar-refractivity contribution < 1.29 is 0 Å². The minimum Gasteiger partial charge on any atom is -0.0836 e. The van der Waals surface area contributed by atoms with E-state index >= 15 is 0 Å². The Labute approximate surface area is 124 Å². The molecule has 0 unspecified atom stereocenters. The van der Waals surface area contributed by atoms with Gasteiger partial charge in [0.05, 0.1) is 10.0 Å². The molecule has 90 valence electrons. The summed E-state index contributed by atoms with van der Waals surface area (Å²) in [6, 6.07) is 11.3. The van der Waals surface area contributed by atoms with Crippen molar-refractivity contribution in [1.29, 1.82) is 0 Å². The van der Waals surface area contributed by atoms with Crippen LogP contribution in [-0.2, 0) is 0 Å². The highest BCUT2D eigenvalue weighted by atomic mass is 35.5. The van der Waals surface area contributed by atoms with Crippen LogP contribution in [0.25, 0.3) is 21.5 Å². The summed E-state index contributed by atoms with van der Waals surface area (Å²) in [6.45, 7) is 0. The molecule has 0 aromatic heterocycles. The number of hydrogen-bond donors (Lipinski definition) is 0. The lowest BCUT2D eigenvalue weighted by Gasteiger charge is -2.11. The lowest BCUT2D eigenvalue weighted by Crippen LogP contribution is -1.84. The van der Waals surface area contributed by atoms with Crippen molar-refractivity contribution in [1.82, 2.24) is 0 Å². The van der Waals surface area contributed by atoms with Gasteiger partial charge in [-0.25, -0.2) is 0 Å². The van der Waals surface area contributed by atoms with Crippen LogP contribution in [0.5, 0.6) is 0 Å². The Hall–Kier alpha value is -0.660. The van der Waals surface area contributed by atoms with Gasteiger partial charge >= 0.3 is 0 Å². The van der Waals surface area contributed by atoms with Crippen LogP contribution in [0.3, 0.4) is 0 Å². The number of rotatable bonds is 0. The predicted octanol–water partition coefficient (Wildman–Crippen LogP) is 6.61. The topological polar surface area (TPSA) is 0 Å². The van der Waals surface area contributed by atoms with Gasteiger partial charge in [0, 0.05) is 20.8 Å². The Kier molecular flexibility index (Phi) is 3.07. The summed E-state index contributed by atoms with van der Waals surface area (Å²) in [7, 11) is 0. The van der Waals surface area contributed by atoms with E-state index in [9.17, 15) is 0 Å². The average molecular weight is 316 g/mol. The number of fused-ring (bicyclic) bond motifs is 3. The van der Waals surface area contributed by atoms with Crippen LogP contribution in [0.1, 0.15) is 0 Å². The summed E-state index contributed by atoms with van der Waals surface area (Å²) in [5.74, 6) is 0. The quantitative estimate of drug-likeness (QED) is 0.410. The average Bonchev–Trinajstić information content (AvgIpc) is 2.35. The molecule has 0 radical (unpaired) electrons. The van der Waals surface area contributed by atoms with Gasteiger partial charge in [0.1, 0.15) is 0 Å². The molecule has 0 nitrogen and oxygen atoms in total. The van der Waals surface area contributed by atoms with Crippen LogP contribution in [0.15, 0.2) is 36.4 Å². The first-order chi connectivity index (χ1) is 8.61. The van der Waals surface area contributed by atoms with Crippen LogP contribution in [0, 0.1) is 0 Å². The van der Waals surface area contributed by atoms with E-state index in [1.54, 1.807) is 12.1 Å². The van der Waals surface area contributed by atoms with E-state index in [2.05, 4.69) is 0 Å². The van der Waals surface area contributed by atoms with E-state index in [4.69, 9.17) is 46.4 Å². The highest BCUT2D eigenvalue weighted by molar-refractivity contribution is 6.53. The lowest BCUT2D eigenvalue weighted by molar-refractivity contribution is 1.76. The summed E-state index contributed by atoms with van der Waals surface area (Å²) in [5, 5.41) is 5.49. The summed E-state index contributed by atoms with van der Waals surface area (Å²) in [5.41, 5.74) is 0. The number of halogens is 4. The third-order valence-corrected chi connectivity index (χ3v) is 4.43. The second-order valence-electron chi connectivity index (χ2n) is 3.95. The maximum Gasteiger partial charge on any atom is 0.0692 e. The van der Waals surface area contributed by atoms with Gasteiger partial charge in [-0.1, -0.05) is 70.7 Å². The van der Waals surface area contributed by atoms with E-state index in [-0.39, 0.29) is 0 Å². The Balaban J connectivity index is 2.72. The molecule has 0 N–H and O–H groups in total. The molecule has 3 rings (SSSR count). The molecule has 0 aliphatic heterocycles. The van der Waals surface area contributed by atoms with E-state index < -0.39 is 0 Å². The fourth-order valence-corrected chi connectivity index (χ4v) is 3.39. The molecule has 0 aliphatic rings. The maximum absolute atomic E-state index is 6.31. The first kappa shape index (κ1) is 12.4. The standard InChI is InChI=1S/C14H6Cl4/c15-9-5-1-3-7-8-4-2-6-10(16)12(8)14(18)13(17)11(7)9/h1-6H. The zero-order chi connectivity index (χ0) is 12.9. The van der Waals surface area contributed by atoms with Crippen LogP contribution in [-0.4, -0.2) is 0 Å². The normalized spacial score (nSPS) is 11.3. The zero-order valence-corrected chi connectivity index (χ0v) is 12.0. The molecule has 3 aromatic carbocycles. The van der Waals surface area contributed by atoms with Crippen molar-refractivity contribution in [3.8, 4) is 0 Å². The first-order valence-electron chi connectivity index (χ1n) is 5.24. The molecule has 0 bridgehead atoms. The SMILES string of the molecule is Clc1cccc2c1c(Cl)c(Cl)c1c(Cl)cccc12. The molecule has 0 atom stereocenters. The van der Waals surface area contributed by atoms with Gasteiger partial charge in [-0.15, -0.1) is 0 Å². The van der Waals surface area contributed by atoms with E-state index in [1.165, 1.54) is 0 Å². The van der Waals surface area contributed by atoms with Gasteiger partial charge in [-0.2, -0.15) is 0 Å². The molecule has 4 heteroatoms. The molecule has 0 fully saturated rings. The van der Waals surface area contributed by atoms with Crippen molar-refractivity contribution in [2.45, 2.75) is 0 Å². The highest BCUT2D eigenvalue weighted by Gasteiger charge is 2.15. The smallest absolute Gasteiger partial charge is 0.0692 e. The fraction of sp³-hybridized carbons (Fsp3) is 0. The molecule has 3 aromatic rings. The fourth-order valence-electron chi connectivity index (χ4n) is 2.16. The van der Waals surface area contributed by atoms with Crippen molar-refractivity contribution in [2.75, 3.05) is 0 Å². The Morgan fingerprint density at radius 2 is 0.944 bits per heavy atom. The molecule has 0 saturated heterocycles. The second kappa shape index (κ2) is 4.47. The van der Waals surface area contributed by atoms with E-state index in [0.717, 1.165) is 21.5 Å². The van der Waals surface area contributed by atoms with Crippen LogP contribution >= 0.6 is 46.4 Å². The predicted molar refractivity (Wildman–Crippen MR) is 81.5 cm³/mol. The zero-order valence-electron chi connectivity index (χ0n) is 8.98. The van der Waals surface area contributed by atoms with E-state index in [1.807, 2.05) is 24.3 Å². The lowest BCUT2D eigenvalue weighted by atomic mass is 10.0. The van der Waals surface area contributed by atoms with Crippen molar-refractivity contribution in [3.05, 3.63) is 56.5 Å². The molecule has 0 spiro atoms. The van der Waals surface area contributed by atoms with Gasteiger partial charge in [-0.3, -0.25) is 0 Å². The third kappa shape index (κ3) is 1.68. The Bertz CT molecular complexity index is 711. The van der Waals surface area contributed by atoms with Gasteiger partial charge in [0.15, 0.2) is 0 Å². The first-order valence-corrected chi connectivity index (χ1v) is 6.76.